The Kier molecular flexibility index (Phi) is 5.75. The van der Waals surface area contributed by atoms with Gasteiger partial charge in [0.05, 0.1) is 10.5 Å². The van der Waals surface area contributed by atoms with Gasteiger partial charge in [0.15, 0.2) is 0 Å². The number of non-ortho nitro benzene ring substituents is 1. The quantitative estimate of drug-likeness (QED) is 0.598. The van der Waals surface area contributed by atoms with E-state index in [9.17, 15) is 28.1 Å². The molecule has 1 amide bonds. The van der Waals surface area contributed by atoms with E-state index in [1.165, 1.54) is 0 Å². The Morgan fingerprint density at radius 3 is 2.58 bits per heavy atom. The number of alkyl halides is 3. The van der Waals surface area contributed by atoms with Crippen LogP contribution >= 0.6 is 0 Å². The second-order valence-electron chi connectivity index (χ2n) is 5.43. The van der Waals surface area contributed by atoms with E-state index in [0.717, 1.165) is 17.7 Å². The summed E-state index contributed by atoms with van der Waals surface area (Å²) in [6.07, 6.45) is -3.30. The molecule has 0 aliphatic heterocycles. The molecule has 0 bridgehead atoms. The van der Waals surface area contributed by atoms with Crippen LogP contribution in [0, 0.1) is 17.0 Å². The van der Waals surface area contributed by atoms with Gasteiger partial charge in [0.25, 0.3) is 5.69 Å². The number of nitrogens with zero attached hydrogens (tertiary/aromatic N) is 2. The van der Waals surface area contributed by atoms with Crippen LogP contribution in [-0.4, -0.2) is 22.4 Å². The van der Waals surface area contributed by atoms with Crippen LogP contribution in [0.1, 0.15) is 17.5 Å². The van der Waals surface area contributed by atoms with Gasteiger partial charge in [-0.3, -0.25) is 14.9 Å². The smallest absolute Gasteiger partial charge is 0.384 e. The Morgan fingerprint density at radius 1 is 1.27 bits per heavy atom. The SMILES string of the molecule is Cc1ccc(NC(=O)CCNc2ccc([N+](=O)[O-])cc2C(F)(F)F)nc1. The van der Waals surface area contributed by atoms with Crippen molar-refractivity contribution >= 4 is 23.1 Å². The Bertz CT molecular complexity index is 807. The van der Waals surface area contributed by atoms with Gasteiger partial charge < -0.3 is 10.6 Å². The first-order valence-corrected chi connectivity index (χ1v) is 7.49. The summed E-state index contributed by atoms with van der Waals surface area (Å²) in [7, 11) is 0. The molecule has 138 valence electrons. The molecule has 2 rings (SSSR count). The third kappa shape index (κ3) is 5.16. The lowest BCUT2D eigenvalue weighted by atomic mass is 10.1. The van der Waals surface area contributed by atoms with Crippen LogP contribution in [0.5, 0.6) is 0 Å². The van der Waals surface area contributed by atoms with Crippen LogP contribution in [-0.2, 0) is 11.0 Å². The molecule has 10 heteroatoms. The Morgan fingerprint density at radius 2 is 2.00 bits per heavy atom. The van der Waals surface area contributed by atoms with Crippen LogP contribution in [0.15, 0.2) is 36.5 Å². The zero-order valence-electron chi connectivity index (χ0n) is 13.6. The maximum absolute atomic E-state index is 13.0. The number of benzene rings is 1. The first-order chi connectivity index (χ1) is 12.2. The Labute approximate surface area is 146 Å². The molecule has 1 heterocycles. The predicted molar refractivity (Wildman–Crippen MR) is 88.8 cm³/mol. The summed E-state index contributed by atoms with van der Waals surface area (Å²) in [6.45, 7) is 1.75. The first-order valence-electron chi connectivity index (χ1n) is 7.49. The summed E-state index contributed by atoms with van der Waals surface area (Å²) >= 11 is 0. The van der Waals surface area contributed by atoms with E-state index in [-0.39, 0.29) is 18.7 Å². The van der Waals surface area contributed by atoms with Crippen molar-refractivity contribution < 1.29 is 22.9 Å². The lowest BCUT2D eigenvalue weighted by Crippen LogP contribution is -2.18. The van der Waals surface area contributed by atoms with Crippen LogP contribution in [0.3, 0.4) is 0 Å². The van der Waals surface area contributed by atoms with Gasteiger partial charge in [-0.1, -0.05) is 6.07 Å². The van der Waals surface area contributed by atoms with Crippen molar-refractivity contribution in [3.05, 3.63) is 57.8 Å². The fourth-order valence-electron chi connectivity index (χ4n) is 2.09. The molecule has 0 radical (unpaired) electrons. The van der Waals surface area contributed by atoms with Crippen molar-refractivity contribution in [2.75, 3.05) is 17.2 Å². The summed E-state index contributed by atoms with van der Waals surface area (Å²) in [5.41, 5.74) is -1.23. The van der Waals surface area contributed by atoms with Gasteiger partial charge in [-0.2, -0.15) is 13.2 Å². The maximum atomic E-state index is 13.0. The van der Waals surface area contributed by atoms with E-state index < -0.39 is 28.3 Å². The average Bonchev–Trinajstić information content (AvgIpc) is 2.56. The van der Waals surface area contributed by atoms with Crippen LogP contribution in [0.25, 0.3) is 0 Å². The third-order valence-electron chi connectivity index (χ3n) is 3.37. The van der Waals surface area contributed by atoms with E-state index in [4.69, 9.17) is 0 Å². The van der Waals surface area contributed by atoms with Gasteiger partial charge in [0.1, 0.15) is 5.82 Å². The minimum absolute atomic E-state index is 0.0847. The highest BCUT2D eigenvalue weighted by molar-refractivity contribution is 5.90. The minimum atomic E-state index is -4.76. The Balaban J connectivity index is 1.99. The lowest BCUT2D eigenvalue weighted by Gasteiger charge is -2.14. The van der Waals surface area contributed by atoms with Gasteiger partial charge >= 0.3 is 6.18 Å². The molecule has 0 atom stereocenters. The standard InChI is InChI=1S/C16H15F3N4O3/c1-10-2-5-14(21-9-10)22-15(24)6-7-20-13-4-3-11(23(25)26)8-12(13)16(17,18)19/h2-5,8-9,20H,6-7H2,1H3,(H,21,22,24). The van der Waals surface area contributed by atoms with Crippen LogP contribution in [0.2, 0.25) is 0 Å². The number of hydrogen-bond acceptors (Lipinski definition) is 5. The predicted octanol–water partition coefficient (Wildman–Crippen LogP) is 3.76. The molecule has 0 spiro atoms. The third-order valence-corrected chi connectivity index (χ3v) is 3.37. The molecular formula is C16H15F3N4O3. The number of aromatic nitrogens is 1. The zero-order valence-corrected chi connectivity index (χ0v) is 13.6. The van der Waals surface area contributed by atoms with E-state index in [0.29, 0.717) is 11.9 Å². The number of nitrogens with one attached hydrogen (secondary N) is 2. The first kappa shape index (κ1) is 19.2. The molecule has 2 N–H and O–H groups in total. The van der Waals surface area contributed by atoms with Crippen molar-refractivity contribution in [2.24, 2.45) is 0 Å². The molecule has 1 aromatic heterocycles. The summed E-state index contributed by atoms with van der Waals surface area (Å²) in [6, 6.07) is 5.76. The van der Waals surface area contributed by atoms with Crippen molar-refractivity contribution in [2.45, 2.75) is 19.5 Å². The maximum Gasteiger partial charge on any atom is 0.418 e. The highest BCUT2D eigenvalue weighted by atomic mass is 19.4. The topological polar surface area (TPSA) is 97.2 Å². The lowest BCUT2D eigenvalue weighted by molar-refractivity contribution is -0.385. The fourth-order valence-corrected chi connectivity index (χ4v) is 2.09. The van der Waals surface area contributed by atoms with E-state index in [2.05, 4.69) is 15.6 Å². The van der Waals surface area contributed by atoms with E-state index in [1.807, 2.05) is 6.92 Å². The zero-order chi connectivity index (χ0) is 19.3. The van der Waals surface area contributed by atoms with E-state index >= 15 is 0 Å². The number of carbonyl (C=O) groups is 1. The highest BCUT2D eigenvalue weighted by Gasteiger charge is 2.35. The number of halogens is 3. The van der Waals surface area contributed by atoms with Crippen LogP contribution in [0.4, 0.5) is 30.4 Å². The van der Waals surface area contributed by atoms with Gasteiger partial charge in [-0.25, -0.2) is 4.98 Å². The molecule has 1 aromatic carbocycles. The molecule has 0 fully saturated rings. The molecule has 7 nitrogen and oxygen atoms in total. The Hall–Kier alpha value is -3.17. The molecule has 2 aromatic rings. The van der Waals surface area contributed by atoms with Crippen molar-refractivity contribution in [3.8, 4) is 0 Å². The highest BCUT2D eigenvalue weighted by Crippen LogP contribution is 2.37. The second-order valence-corrected chi connectivity index (χ2v) is 5.43. The average molecular weight is 368 g/mol. The summed E-state index contributed by atoms with van der Waals surface area (Å²) in [4.78, 5) is 25.5. The van der Waals surface area contributed by atoms with Crippen LogP contribution < -0.4 is 10.6 Å². The molecule has 0 unspecified atom stereocenters. The number of nitro benzene ring substituents is 1. The molecule has 0 aliphatic rings. The number of aryl methyl sites for hydroxylation is 1. The van der Waals surface area contributed by atoms with Gasteiger partial charge in [0.2, 0.25) is 5.91 Å². The molecular weight excluding hydrogens is 353 g/mol. The number of hydrogen-bond donors (Lipinski definition) is 2. The number of pyridine rings is 1. The van der Waals surface area contributed by atoms with Gasteiger partial charge in [-0.05, 0) is 24.6 Å². The van der Waals surface area contributed by atoms with Gasteiger partial charge in [0, 0.05) is 37.0 Å². The monoisotopic (exact) mass is 368 g/mol. The number of carbonyl (C=O) groups excluding carboxylic acids is 1. The van der Waals surface area contributed by atoms with E-state index in [1.54, 1.807) is 18.3 Å². The van der Waals surface area contributed by atoms with Crippen molar-refractivity contribution in [1.82, 2.24) is 4.98 Å². The second kappa shape index (κ2) is 7.81. The number of amides is 1. The molecule has 0 saturated carbocycles. The summed E-state index contributed by atoms with van der Waals surface area (Å²) in [5.74, 6) is -0.0868. The molecule has 0 aliphatic carbocycles. The largest absolute Gasteiger partial charge is 0.418 e. The number of anilines is 2. The normalized spacial score (nSPS) is 11.1. The van der Waals surface area contributed by atoms with Crippen molar-refractivity contribution in [3.63, 3.8) is 0 Å². The minimum Gasteiger partial charge on any atom is -0.384 e. The fraction of sp³-hybridized carbons (Fsp3) is 0.250. The number of nitro groups is 1. The van der Waals surface area contributed by atoms with Gasteiger partial charge in [-0.15, -0.1) is 0 Å². The number of rotatable bonds is 6. The van der Waals surface area contributed by atoms with Crippen molar-refractivity contribution in [1.29, 1.82) is 0 Å². The summed E-state index contributed by atoms with van der Waals surface area (Å²) < 4.78 is 39.1. The summed E-state index contributed by atoms with van der Waals surface area (Å²) in [5, 5.41) is 15.7. The molecule has 0 saturated heterocycles. The molecule has 26 heavy (non-hydrogen) atoms.